The number of hydrogen-bond acceptors (Lipinski definition) is 2. The lowest BCUT2D eigenvalue weighted by Crippen LogP contribution is -2.04. The lowest BCUT2D eigenvalue weighted by Gasteiger charge is -2.15. The molecule has 3 aromatic heterocycles. The van der Waals surface area contributed by atoms with E-state index in [2.05, 4.69) is 228 Å². The van der Waals surface area contributed by atoms with E-state index in [1.165, 1.54) is 21.5 Å². The summed E-state index contributed by atoms with van der Waals surface area (Å²) >= 11 is 0. The Kier molecular flexibility index (Phi) is 8.84. The second-order valence-electron chi connectivity index (χ2n) is 16.2. The molecule has 12 aromatic rings. The molecule has 0 saturated heterocycles. The summed E-state index contributed by atoms with van der Waals surface area (Å²) in [6.07, 6.45) is 0. The van der Waals surface area contributed by atoms with Crippen molar-refractivity contribution in [2.24, 2.45) is 0 Å². The zero-order chi connectivity index (χ0) is 42.6. The molecule has 9 aromatic carbocycles. The Hall–Kier alpha value is -8.78. The molecule has 0 unspecified atom stereocenters. The van der Waals surface area contributed by atoms with Gasteiger partial charge in [-0.05, 0) is 104 Å². The summed E-state index contributed by atoms with van der Waals surface area (Å²) in [5, 5.41) is 14.8. The topological polar surface area (TPSA) is 46.5 Å². The first-order valence-electron chi connectivity index (χ1n) is 21.6. The van der Waals surface area contributed by atoms with Crippen LogP contribution in [0.1, 0.15) is 5.56 Å². The Morgan fingerprint density at radius 1 is 0.297 bits per heavy atom. The quantitative estimate of drug-likeness (QED) is 0.161. The van der Waals surface area contributed by atoms with E-state index < -0.39 is 0 Å². The molecule has 0 aliphatic carbocycles. The van der Waals surface area contributed by atoms with Crippen LogP contribution in [0.4, 0.5) is 0 Å². The predicted molar refractivity (Wildman–Crippen MR) is 265 cm³/mol. The Labute approximate surface area is 370 Å². The van der Waals surface area contributed by atoms with Crippen molar-refractivity contribution in [2.45, 2.75) is 0 Å². The molecule has 0 amide bonds. The number of nitrogens with zero attached hydrogens (tertiary/aromatic N) is 4. The fraction of sp³-hybridized carbons (Fsp3) is 0. The third kappa shape index (κ3) is 6.02. The summed E-state index contributed by atoms with van der Waals surface area (Å²) in [5.74, 6) is 1.55. The van der Waals surface area contributed by atoms with Crippen molar-refractivity contribution < 1.29 is 0 Å². The van der Waals surface area contributed by atoms with Gasteiger partial charge < -0.3 is 0 Å². The van der Waals surface area contributed by atoms with Gasteiger partial charge in [0.2, 0.25) is 0 Å². The molecule has 0 aliphatic rings. The van der Waals surface area contributed by atoms with Crippen LogP contribution in [0.2, 0.25) is 0 Å². The molecule has 64 heavy (non-hydrogen) atoms. The second kappa shape index (κ2) is 15.3. The fourth-order valence-corrected chi connectivity index (χ4v) is 9.81. The number of pyridine rings is 1. The highest BCUT2D eigenvalue weighted by Gasteiger charge is 2.24. The molecule has 4 heteroatoms. The monoisotopic (exact) mass is 814 g/mol. The van der Waals surface area contributed by atoms with E-state index in [9.17, 15) is 5.26 Å². The zero-order valence-corrected chi connectivity index (χ0v) is 34.7. The Balaban J connectivity index is 1.22. The largest absolute Gasteiger partial charge is 0.294 e. The molecule has 3 heterocycles. The highest BCUT2D eigenvalue weighted by molar-refractivity contribution is 6.22. The maximum absolute atomic E-state index is 10.1. The van der Waals surface area contributed by atoms with Crippen molar-refractivity contribution in [1.82, 2.24) is 14.1 Å². The number of aromatic nitrogens is 3. The van der Waals surface area contributed by atoms with Gasteiger partial charge in [0, 0.05) is 21.5 Å². The summed E-state index contributed by atoms with van der Waals surface area (Å²) < 4.78 is 4.67. The van der Waals surface area contributed by atoms with E-state index in [-0.39, 0.29) is 0 Å². The van der Waals surface area contributed by atoms with E-state index in [0.717, 1.165) is 89.3 Å². The predicted octanol–water partition coefficient (Wildman–Crippen LogP) is 15.5. The minimum Gasteiger partial charge on any atom is -0.294 e. The van der Waals surface area contributed by atoms with Gasteiger partial charge in [0.15, 0.2) is 0 Å². The first kappa shape index (κ1) is 37.0. The minimum absolute atomic E-state index is 0.603. The first-order valence-corrected chi connectivity index (χ1v) is 21.6. The maximum Gasteiger partial charge on any atom is 0.140 e. The summed E-state index contributed by atoms with van der Waals surface area (Å²) in [5.41, 5.74) is 16.0. The van der Waals surface area contributed by atoms with E-state index in [0.29, 0.717) is 5.56 Å². The average molecular weight is 815 g/mol. The van der Waals surface area contributed by atoms with E-state index in [1.807, 2.05) is 18.2 Å². The van der Waals surface area contributed by atoms with Crippen molar-refractivity contribution in [1.29, 1.82) is 5.26 Å². The van der Waals surface area contributed by atoms with Gasteiger partial charge >= 0.3 is 0 Å². The molecule has 0 radical (unpaired) electrons. The molecule has 12 rings (SSSR count). The van der Waals surface area contributed by atoms with Crippen LogP contribution in [0.5, 0.6) is 0 Å². The van der Waals surface area contributed by atoms with E-state index >= 15 is 0 Å². The Morgan fingerprint density at radius 2 is 0.609 bits per heavy atom. The van der Waals surface area contributed by atoms with Gasteiger partial charge in [-0.3, -0.25) is 9.13 Å². The Morgan fingerprint density at radius 3 is 0.938 bits per heavy atom. The van der Waals surface area contributed by atoms with Crippen molar-refractivity contribution in [2.75, 3.05) is 0 Å². The molecule has 0 spiro atoms. The maximum atomic E-state index is 10.1. The highest BCUT2D eigenvalue weighted by atomic mass is 15.1. The second-order valence-corrected chi connectivity index (χ2v) is 16.2. The van der Waals surface area contributed by atoms with Gasteiger partial charge in [0.25, 0.3) is 0 Å². The van der Waals surface area contributed by atoms with Crippen molar-refractivity contribution in [3.63, 3.8) is 0 Å². The highest BCUT2D eigenvalue weighted by Crippen LogP contribution is 2.45. The molecule has 0 atom stereocenters. The first-order chi connectivity index (χ1) is 31.7. The van der Waals surface area contributed by atoms with Gasteiger partial charge in [0.1, 0.15) is 11.6 Å². The molecule has 0 fully saturated rings. The third-order valence-electron chi connectivity index (χ3n) is 12.6. The standard InChI is InChI=1S/C60H38N4/c61-39-40-18-13-27-45(36-40)46-37-55(63-51-32-14-28-47(41-19-5-1-6-20-41)57(51)58-48(29-15-33-52(58)63)42-21-7-2-8-22-42)62-56(38-46)64-53-34-16-30-49(43-23-9-3-10-24-43)59(53)60-50(31-17-35-54(60)64)44-25-11-4-12-26-44/h1-38H. The molecule has 298 valence electrons. The zero-order valence-electron chi connectivity index (χ0n) is 34.7. The summed E-state index contributed by atoms with van der Waals surface area (Å²) in [6.45, 7) is 0. The number of benzene rings is 9. The molecule has 0 bridgehead atoms. The van der Waals surface area contributed by atoms with Crippen LogP contribution in [-0.4, -0.2) is 14.1 Å². The van der Waals surface area contributed by atoms with Gasteiger partial charge in [-0.1, -0.05) is 182 Å². The molecule has 0 saturated carbocycles. The summed E-state index contributed by atoms with van der Waals surface area (Å²) in [4.78, 5) is 5.76. The lowest BCUT2D eigenvalue weighted by molar-refractivity contribution is 1.01. The normalized spacial score (nSPS) is 11.4. The summed E-state index contributed by atoms with van der Waals surface area (Å²) in [7, 11) is 0. The van der Waals surface area contributed by atoms with Gasteiger partial charge in [-0.15, -0.1) is 0 Å². The van der Waals surface area contributed by atoms with Crippen LogP contribution in [0, 0.1) is 11.3 Å². The Bertz CT molecular complexity index is 3350. The minimum atomic E-state index is 0.603. The van der Waals surface area contributed by atoms with Gasteiger partial charge in [0.05, 0.1) is 33.7 Å². The number of hydrogen-bond donors (Lipinski definition) is 0. The average Bonchev–Trinajstić information content (AvgIpc) is 3.91. The van der Waals surface area contributed by atoms with Gasteiger partial charge in [-0.2, -0.15) is 5.26 Å². The lowest BCUT2D eigenvalue weighted by atomic mass is 9.95. The van der Waals surface area contributed by atoms with E-state index in [4.69, 9.17) is 4.98 Å². The van der Waals surface area contributed by atoms with Crippen LogP contribution >= 0.6 is 0 Å². The van der Waals surface area contributed by atoms with Crippen LogP contribution in [-0.2, 0) is 0 Å². The van der Waals surface area contributed by atoms with Crippen LogP contribution in [0.3, 0.4) is 0 Å². The van der Waals surface area contributed by atoms with Crippen LogP contribution in [0.15, 0.2) is 231 Å². The smallest absolute Gasteiger partial charge is 0.140 e. The molecular weight excluding hydrogens is 777 g/mol. The van der Waals surface area contributed by atoms with Crippen LogP contribution in [0.25, 0.3) is 111 Å². The van der Waals surface area contributed by atoms with Crippen molar-refractivity contribution in [3.8, 4) is 73.3 Å². The number of nitriles is 1. The SMILES string of the molecule is N#Cc1cccc(-c2cc(-n3c4cccc(-c5ccccc5)c4c4c(-c5ccccc5)cccc43)nc(-n3c4cccc(-c5ccccc5)c4c4c(-c5ccccc5)cccc43)c2)c1. The summed E-state index contributed by atoms with van der Waals surface area (Å²) in [6, 6.07) is 83.8. The van der Waals surface area contributed by atoms with Crippen molar-refractivity contribution in [3.05, 3.63) is 236 Å². The van der Waals surface area contributed by atoms with Crippen LogP contribution < -0.4 is 0 Å². The van der Waals surface area contributed by atoms with Gasteiger partial charge in [-0.25, -0.2) is 4.98 Å². The molecule has 4 nitrogen and oxygen atoms in total. The van der Waals surface area contributed by atoms with Crippen molar-refractivity contribution >= 4 is 43.6 Å². The fourth-order valence-electron chi connectivity index (χ4n) is 9.81. The van der Waals surface area contributed by atoms with E-state index in [1.54, 1.807) is 0 Å². The number of rotatable bonds is 7. The number of fused-ring (bicyclic) bond motifs is 6. The molecule has 0 aliphatic heterocycles. The third-order valence-corrected chi connectivity index (χ3v) is 12.6. The molecule has 0 N–H and O–H groups in total. The molecular formula is C60H38N4.